The van der Waals surface area contributed by atoms with Gasteiger partial charge in [-0.05, 0) is 54.9 Å². The van der Waals surface area contributed by atoms with Gasteiger partial charge >= 0.3 is 0 Å². The first-order chi connectivity index (χ1) is 14.8. The van der Waals surface area contributed by atoms with Gasteiger partial charge in [-0.3, -0.25) is 24.6 Å². The minimum atomic E-state index is -0.457. The van der Waals surface area contributed by atoms with E-state index >= 15 is 0 Å². The third-order valence-electron chi connectivity index (χ3n) is 4.81. The Labute approximate surface area is 182 Å². The Kier molecular flexibility index (Phi) is 5.48. The average Bonchev–Trinajstić information content (AvgIpc) is 3.28. The molecule has 0 saturated carbocycles. The second-order valence-electron chi connectivity index (χ2n) is 7.24. The minimum Gasteiger partial charge on any atom is -0.456 e. The molecule has 1 aliphatic heterocycles. The van der Waals surface area contributed by atoms with Crippen LogP contribution >= 0.6 is 11.8 Å². The summed E-state index contributed by atoms with van der Waals surface area (Å²) >= 11 is 0.845. The number of thioether (sulfide) groups is 1. The number of nitro groups is 1. The summed E-state index contributed by atoms with van der Waals surface area (Å²) in [6.07, 6.45) is 1.49. The number of furan rings is 1. The molecule has 0 N–H and O–H groups in total. The number of hydrogen-bond donors (Lipinski definition) is 0. The molecule has 0 bridgehead atoms. The highest BCUT2D eigenvalue weighted by atomic mass is 32.2. The lowest BCUT2D eigenvalue weighted by atomic mass is 10.1. The number of imide groups is 1. The topological polar surface area (TPSA) is 93.7 Å². The van der Waals surface area contributed by atoms with Crippen LogP contribution in [0.2, 0.25) is 0 Å². The third-order valence-corrected chi connectivity index (χ3v) is 5.72. The summed E-state index contributed by atoms with van der Waals surface area (Å²) in [6, 6.07) is 15.7. The summed E-state index contributed by atoms with van der Waals surface area (Å²) in [5.74, 6) is 0.263. The minimum absolute atomic E-state index is 0.0561. The summed E-state index contributed by atoms with van der Waals surface area (Å²) < 4.78 is 5.74. The van der Waals surface area contributed by atoms with Gasteiger partial charge in [0.2, 0.25) is 0 Å². The monoisotopic (exact) mass is 434 g/mol. The standard InChI is InChI=1S/C23H18N2O5S/c1-14-4-3-5-16(10-14)13-24-22(26)21(31-23(24)27)12-17-7-9-20(30-17)18-8-6-15(2)11-19(18)25(28)29/h3-12H,13H2,1-2H3/b21-12+. The molecule has 31 heavy (non-hydrogen) atoms. The summed E-state index contributed by atoms with van der Waals surface area (Å²) in [4.78, 5) is 37.5. The van der Waals surface area contributed by atoms with Gasteiger partial charge in [0.05, 0.1) is 21.9 Å². The fourth-order valence-corrected chi connectivity index (χ4v) is 4.15. The van der Waals surface area contributed by atoms with E-state index in [0.29, 0.717) is 17.1 Å². The molecule has 4 rings (SSSR count). The Bertz CT molecular complexity index is 1240. The van der Waals surface area contributed by atoms with E-state index in [1.807, 2.05) is 31.2 Å². The number of aryl methyl sites for hydroxylation is 2. The molecule has 1 fully saturated rings. The smallest absolute Gasteiger partial charge is 0.293 e. The van der Waals surface area contributed by atoms with E-state index in [4.69, 9.17) is 4.42 Å². The Hall–Kier alpha value is -3.65. The number of nitro benzene ring substituents is 1. The van der Waals surface area contributed by atoms with Gasteiger partial charge in [-0.25, -0.2) is 0 Å². The highest BCUT2D eigenvalue weighted by Gasteiger charge is 2.35. The molecular formula is C23H18N2O5S. The van der Waals surface area contributed by atoms with Crippen molar-refractivity contribution < 1.29 is 18.9 Å². The number of amides is 2. The quantitative estimate of drug-likeness (QED) is 0.290. The zero-order chi connectivity index (χ0) is 22.1. The van der Waals surface area contributed by atoms with Gasteiger partial charge in [0.1, 0.15) is 11.5 Å². The lowest BCUT2D eigenvalue weighted by Crippen LogP contribution is -2.27. The van der Waals surface area contributed by atoms with Gasteiger partial charge in [-0.15, -0.1) is 0 Å². The molecule has 1 aromatic heterocycles. The lowest BCUT2D eigenvalue weighted by molar-refractivity contribution is -0.384. The zero-order valence-electron chi connectivity index (χ0n) is 16.8. The molecule has 3 aromatic rings. The number of carbonyl (C=O) groups excluding carboxylic acids is 2. The first-order valence-corrected chi connectivity index (χ1v) is 10.3. The normalized spacial score (nSPS) is 15.2. The molecule has 1 saturated heterocycles. The Morgan fingerprint density at radius 3 is 2.58 bits per heavy atom. The summed E-state index contributed by atoms with van der Waals surface area (Å²) in [5, 5.41) is 11.0. The molecule has 0 atom stereocenters. The van der Waals surface area contributed by atoms with Gasteiger partial charge in [0, 0.05) is 12.1 Å². The van der Waals surface area contributed by atoms with Crippen LogP contribution in [-0.2, 0) is 11.3 Å². The maximum atomic E-state index is 12.8. The van der Waals surface area contributed by atoms with Gasteiger partial charge in [0.25, 0.3) is 16.8 Å². The highest BCUT2D eigenvalue weighted by Crippen LogP contribution is 2.36. The lowest BCUT2D eigenvalue weighted by Gasteiger charge is -2.12. The SMILES string of the molecule is Cc1cccc(CN2C(=O)S/C(=C/c3ccc(-c4ccc(C)cc4[N+](=O)[O-])o3)C2=O)c1. The molecule has 0 radical (unpaired) electrons. The van der Waals surface area contributed by atoms with Crippen LogP contribution in [0.3, 0.4) is 0 Å². The van der Waals surface area contributed by atoms with Crippen molar-refractivity contribution in [2.45, 2.75) is 20.4 Å². The maximum absolute atomic E-state index is 12.8. The average molecular weight is 434 g/mol. The van der Waals surface area contributed by atoms with Crippen LogP contribution in [0.4, 0.5) is 10.5 Å². The molecule has 156 valence electrons. The van der Waals surface area contributed by atoms with Gasteiger partial charge in [-0.1, -0.05) is 35.9 Å². The fraction of sp³-hybridized carbons (Fsp3) is 0.130. The molecule has 8 heteroatoms. The predicted octanol–water partition coefficient (Wildman–Crippen LogP) is 5.71. The second-order valence-corrected chi connectivity index (χ2v) is 8.23. The second kappa shape index (κ2) is 8.23. The van der Waals surface area contributed by atoms with Crippen molar-refractivity contribution in [1.29, 1.82) is 0 Å². The van der Waals surface area contributed by atoms with Crippen LogP contribution < -0.4 is 0 Å². The van der Waals surface area contributed by atoms with E-state index in [9.17, 15) is 19.7 Å². The molecule has 2 aromatic carbocycles. The van der Waals surface area contributed by atoms with Crippen LogP contribution in [-0.4, -0.2) is 21.0 Å². The van der Waals surface area contributed by atoms with Crippen molar-refractivity contribution in [2.75, 3.05) is 0 Å². The number of nitrogens with zero attached hydrogens (tertiary/aromatic N) is 2. The number of rotatable bonds is 5. The van der Waals surface area contributed by atoms with Crippen LogP contribution in [0.1, 0.15) is 22.5 Å². The van der Waals surface area contributed by atoms with E-state index in [0.717, 1.165) is 28.5 Å². The van der Waals surface area contributed by atoms with E-state index in [1.165, 1.54) is 17.0 Å². The first kappa shape index (κ1) is 20.6. The summed E-state index contributed by atoms with van der Waals surface area (Å²) in [5.41, 5.74) is 2.98. The van der Waals surface area contributed by atoms with Crippen LogP contribution in [0.15, 0.2) is 63.9 Å². The third kappa shape index (κ3) is 4.29. The van der Waals surface area contributed by atoms with Crippen molar-refractivity contribution in [3.63, 3.8) is 0 Å². The van der Waals surface area contributed by atoms with Crippen molar-refractivity contribution in [3.8, 4) is 11.3 Å². The van der Waals surface area contributed by atoms with E-state index < -0.39 is 10.8 Å². The van der Waals surface area contributed by atoms with E-state index in [1.54, 1.807) is 31.2 Å². The van der Waals surface area contributed by atoms with Gasteiger partial charge < -0.3 is 4.42 Å². The molecule has 0 unspecified atom stereocenters. The maximum Gasteiger partial charge on any atom is 0.293 e. The molecule has 0 aliphatic carbocycles. The van der Waals surface area contributed by atoms with Crippen LogP contribution in [0.5, 0.6) is 0 Å². The van der Waals surface area contributed by atoms with Crippen molar-refractivity contribution in [3.05, 3.63) is 92.1 Å². The fourth-order valence-electron chi connectivity index (χ4n) is 3.33. The number of benzene rings is 2. The molecule has 1 aliphatic rings. The Balaban J connectivity index is 1.58. The zero-order valence-corrected chi connectivity index (χ0v) is 17.6. The van der Waals surface area contributed by atoms with Crippen LogP contribution in [0, 0.1) is 24.0 Å². The number of hydrogen-bond acceptors (Lipinski definition) is 6. The molecule has 2 amide bonds. The van der Waals surface area contributed by atoms with Crippen LogP contribution in [0.25, 0.3) is 17.4 Å². The van der Waals surface area contributed by atoms with E-state index in [2.05, 4.69) is 0 Å². The molecule has 2 heterocycles. The Morgan fingerprint density at radius 1 is 1.06 bits per heavy atom. The largest absolute Gasteiger partial charge is 0.456 e. The number of carbonyl (C=O) groups is 2. The molecule has 0 spiro atoms. The van der Waals surface area contributed by atoms with Crippen molar-refractivity contribution in [2.24, 2.45) is 0 Å². The summed E-state index contributed by atoms with van der Waals surface area (Å²) in [7, 11) is 0. The summed E-state index contributed by atoms with van der Waals surface area (Å²) in [6.45, 7) is 3.92. The highest BCUT2D eigenvalue weighted by molar-refractivity contribution is 8.18. The Morgan fingerprint density at radius 2 is 1.84 bits per heavy atom. The van der Waals surface area contributed by atoms with Gasteiger partial charge in [-0.2, -0.15) is 0 Å². The van der Waals surface area contributed by atoms with Crippen molar-refractivity contribution >= 4 is 34.7 Å². The molecule has 7 nitrogen and oxygen atoms in total. The molecular weight excluding hydrogens is 416 g/mol. The predicted molar refractivity (Wildman–Crippen MR) is 118 cm³/mol. The van der Waals surface area contributed by atoms with Crippen molar-refractivity contribution in [1.82, 2.24) is 4.90 Å². The van der Waals surface area contributed by atoms with Gasteiger partial charge in [0.15, 0.2) is 0 Å². The first-order valence-electron chi connectivity index (χ1n) is 9.48. The van der Waals surface area contributed by atoms with E-state index in [-0.39, 0.29) is 22.4 Å².